The van der Waals surface area contributed by atoms with Crippen LogP contribution in [0, 0.1) is 0 Å². The minimum atomic E-state index is -2.92. The Bertz CT molecular complexity index is 617. The van der Waals surface area contributed by atoms with Crippen LogP contribution in [0.15, 0.2) is 48.5 Å². The number of carbonyl (C=O) groups is 1. The highest BCUT2D eigenvalue weighted by molar-refractivity contribution is 6.30. The quantitative estimate of drug-likeness (QED) is 0.910. The summed E-state index contributed by atoms with van der Waals surface area (Å²) >= 11 is 5.77. The predicted octanol–water partition coefficient (Wildman–Crippen LogP) is 3.87. The molecule has 0 aliphatic rings. The van der Waals surface area contributed by atoms with Gasteiger partial charge >= 0.3 is 6.61 Å². The lowest BCUT2D eigenvalue weighted by atomic mass is 10.2. The molecule has 21 heavy (non-hydrogen) atoms. The molecule has 0 aliphatic carbocycles. The molecule has 0 saturated heterocycles. The molecule has 0 radical (unpaired) electrons. The number of rotatable bonds is 5. The van der Waals surface area contributed by atoms with Crippen molar-refractivity contribution in [3.63, 3.8) is 0 Å². The third-order valence-electron chi connectivity index (χ3n) is 2.69. The molecule has 0 spiro atoms. The first-order valence-electron chi connectivity index (χ1n) is 6.12. The molecule has 3 nitrogen and oxygen atoms in total. The Hall–Kier alpha value is -2.14. The van der Waals surface area contributed by atoms with Gasteiger partial charge in [0.25, 0.3) is 5.91 Å². The van der Waals surface area contributed by atoms with Crippen LogP contribution in [0.5, 0.6) is 5.75 Å². The van der Waals surface area contributed by atoms with E-state index in [9.17, 15) is 13.6 Å². The van der Waals surface area contributed by atoms with Gasteiger partial charge < -0.3 is 10.1 Å². The van der Waals surface area contributed by atoms with E-state index < -0.39 is 6.61 Å². The van der Waals surface area contributed by atoms with Gasteiger partial charge in [-0.3, -0.25) is 4.79 Å². The number of alkyl halides is 2. The Kier molecular flexibility index (Phi) is 5.11. The Morgan fingerprint density at radius 2 is 1.90 bits per heavy atom. The Morgan fingerprint density at radius 1 is 1.19 bits per heavy atom. The number of carbonyl (C=O) groups excluding carboxylic acids is 1. The summed E-state index contributed by atoms with van der Waals surface area (Å²) in [6.45, 7) is -2.60. The molecule has 2 aromatic carbocycles. The minimum absolute atomic E-state index is 0.0517. The number of hydrogen-bond donors (Lipinski definition) is 1. The molecular weight excluding hydrogens is 300 g/mol. The molecule has 2 rings (SSSR count). The number of nitrogens with one attached hydrogen (secondary N) is 1. The summed E-state index contributed by atoms with van der Waals surface area (Å²) < 4.78 is 28.5. The third kappa shape index (κ3) is 4.72. The second-order valence-electron chi connectivity index (χ2n) is 4.22. The van der Waals surface area contributed by atoms with Crippen molar-refractivity contribution in [3.05, 3.63) is 64.7 Å². The molecule has 0 heterocycles. The number of benzene rings is 2. The number of amides is 1. The molecule has 0 aromatic heterocycles. The summed E-state index contributed by atoms with van der Waals surface area (Å²) in [6.07, 6.45) is 0. The van der Waals surface area contributed by atoms with Gasteiger partial charge in [0.1, 0.15) is 5.75 Å². The van der Waals surface area contributed by atoms with Gasteiger partial charge in [-0.1, -0.05) is 29.8 Å². The normalized spacial score (nSPS) is 10.5. The monoisotopic (exact) mass is 311 g/mol. The summed E-state index contributed by atoms with van der Waals surface area (Å²) in [6, 6.07) is 12.7. The molecular formula is C15H12ClF2NO2. The average molecular weight is 312 g/mol. The highest BCUT2D eigenvalue weighted by atomic mass is 35.5. The summed E-state index contributed by atoms with van der Waals surface area (Å²) in [7, 11) is 0. The zero-order valence-electron chi connectivity index (χ0n) is 10.9. The predicted molar refractivity (Wildman–Crippen MR) is 75.7 cm³/mol. The Labute approximate surface area is 125 Å². The molecule has 110 valence electrons. The van der Waals surface area contributed by atoms with Crippen LogP contribution in [0.2, 0.25) is 5.02 Å². The van der Waals surface area contributed by atoms with Crippen molar-refractivity contribution in [2.24, 2.45) is 0 Å². The second kappa shape index (κ2) is 7.04. The van der Waals surface area contributed by atoms with Crippen LogP contribution < -0.4 is 10.1 Å². The van der Waals surface area contributed by atoms with Crippen molar-refractivity contribution in [2.75, 3.05) is 0 Å². The molecule has 0 atom stereocenters. The molecule has 1 N–H and O–H groups in total. The van der Waals surface area contributed by atoms with Crippen LogP contribution in [-0.2, 0) is 6.54 Å². The molecule has 0 unspecified atom stereocenters. The molecule has 1 amide bonds. The van der Waals surface area contributed by atoms with E-state index in [0.717, 1.165) is 5.56 Å². The van der Waals surface area contributed by atoms with E-state index in [1.807, 2.05) is 0 Å². The van der Waals surface area contributed by atoms with Gasteiger partial charge in [0.2, 0.25) is 0 Å². The number of ether oxygens (including phenoxy) is 1. The first kappa shape index (κ1) is 15.3. The van der Waals surface area contributed by atoms with Crippen LogP contribution in [0.1, 0.15) is 15.9 Å². The van der Waals surface area contributed by atoms with E-state index >= 15 is 0 Å². The fraction of sp³-hybridized carbons (Fsp3) is 0.133. The second-order valence-corrected chi connectivity index (χ2v) is 4.65. The van der Waals surface area contributed by atoms with Gasteiger partial charge in [0, 0.05) is 17.1 Å². The zero-order chi connectivity index (χ0) is 15.2. The standard InChI is InChI=1S/C15H12ClF2NO2/c16-12-6-4-10(5-7-12)9-19-14(20)11-2-1-3-13(8-11)21-15(17)18/h1-8,15H,9H2,(H,19,20). The zero-order valence-corrected chi connectivity index (χ0v) is 11.6. The van der Waals surface area contributed by atoms with E-state index in [1.54, 1.807) is 24.3 Å². The van der Waals surface area contributed by atoms with Gasteiger partial charge in [-0.25, -0.2) is 0 Å². The van der Waals surface area contributed by atoms with E-state index in [1.165, 1.54) is 24.3 Å². The lowest BCUT2D eigenvalue weighted by molar-refractivity contribution is -0.0498. The van der Waals surface area contributed by atoms with Gasteiger partial charge in [-0.15, -0.1) is 0 Å². The minimum Gasteiger partial charge on any atom is -0.435 e. The van der Waals surface area contributed by atoms with E-state index in [2.05, 4.69) is 10.1 Å². The van der Waals surface area contributed by atoms with Crippen LogP contribution in [0.3, 0.4) is 0 Å². The molecule has 0 saturated carbocycles. The van der Waals surface area contributed by atoms with Crippen molar-refractivity contribution in [1.29, 1.82) is 0 Å². The van der Waals surface area contributed by atoms with Crippen molar-refractivity contribution in [2.45, 2.75) is 13.2 Å². The topological polar surface area (TPSA) is 38.3 Å². The summed E-state index contributed by atoms with van der Waals surface area (Å²) in [5.41, 5.74) is 1.13. The van der Waals surface area contributed by atoms with Gasteiger partial charge in [-0.05, 0) is 35.9 Å². The van der Waals surface area contributed by atoms with Crippen molar-refractivity contribution in [3.8, 4) is 5.75 Å². The van der Waals surface area contributed by atoms with Gasteiger partial charge in [0.05, 0.1) is 0 Å². The SMILES string of the molecule is O=C(NCc1ccc(Cl)cc1)c1cccc(OC(F)F)c1. The first-order valence-corrected chi connectivity index (χ1v) is 6.50. The third-order valence-corrected chi connectivity index (χ3v) is 2.94. The van der Waals surface area contributed by atoms with Crippen molar-refractivity contribution in [1.82, 2.24) is 5.32 Å². The van der Waals surface area contributed by atoms with Crippen LogP contribution >= 0.6 is 11.6 Å². The van der Waals surface area contributed by atoms with Crippen molar-refractivity contribution >= 4 is 17.5 Å². The number of halogens is 3. The maximum atomic E-state index is 12.1. The van der Waals surface area contributed by atoms with Crippen LogP contribution in [-0.4, -0.2) is 12.5 Å². The average Bonchev–Trinajstić information content (AvgIpc) is 2.46. The van der Waals surface area contributed by atoms with E-state index in [0.29, 0.717) is 11.6 Å². The summed E-state index contributed by atoms with van der Waals surface area (Å²) in [5.74, 6) is -0.422. The molecule has 0 fully saturated rings. The molecule has 6 heteroatoms. The number of hydrogen-bond acceptors (Lipinski definition) is 2. The smallest absolute Gasteiger partial charge is 0.387 e. The molecule has 0 bridgehead atoms. The van der Waals surface area contributed by atoms with Crippen molar-refractivity contribution < 1.29 is 18.3 Å². The van der Waals surface area contributed by atoms with Crippen LogP contribution in [0.25, 0.3) is 0 Å². The fourth-order valence-corrected chi connectivity index (χ4v) is 1.83. The van der Waals surface area contributed by atoms with E-state index in [-0.39, 0.29) is 17.2 Å². The van der Waals surface area contributed by atoms with E-state index in [4.69, 9.17) is 11.6 Å². The molecule has 0 aliphatic heterocycles. The first-order chi connectivity index (χ1) is 10.0. The van der Waals surface area contributed by atoms with Gasteiger partial charge in [0.15, 0.2) is 0 Å². The summed E-state index contributed by atoms with van der Waals surface area (Å²) in [5, 5.41) is 3.30. The lowest BCUT2D eigenvalue weighted by Crippen LogP contribution is -2.22. The highest BCUT2D eigenvalue weighted by Crippen LogP contribution is 2.16. The maximum Gasteiger partial charge on any atom is 0.387 e. The highest BCUT2D eigenvalue weighted by Gasteiger charge is 2.09. The molecule has 2 aromatic rings. The maximum absolute atomic E-state index is 12.1. The Balaban J connectivity index is 1.98. The lowest BCUT2D eigenvalue weighted by Gasteiger charge is -2.08. The fourth-order valence-electron chi connectivity index (χ4n) is 1.70. The Morgan fingerprint density at radius 3 is 2.57 bits per heavy atom. The largest absolute Gasteiger partial charge is 0.435 e. The van der Waals surface area contributed by atoms with Crippen LogP contribution in [0.4, 0.5) is 8.78 Å². The van der Waals surface area contributed by atoms with Gasteiger partial charge in [-0.2, -0.15) is 8.78 Å². The summed E-state index contributed by atoms with van der Waals surface area (Å²) in [4.78, 5) is 11.9.